The molecule has 0 atom stereocenters. The van der Waals surface area contributed by atoms with Crippen molar-refractivity contribution in [3.05, 3.63) is 53.2 Å². The van der Waals surface area contributed by atoms with E-state index in [9.17, 15) is 0 Å². The summed E-state index contributed by atoms with van der Waals surface area (Å²) in [5.41, 5.74) is 11.8. The summed E-state index contributed by atoms with van der Waals surface area (Å²) in [4.78, 5) is 9.10. The third kappa shape index (κ3) is 2.42. The lowest BCUT2D eigenvalue weighted by Gasteiger charge is -2.02. The van der Waals surface area contributed by atoms with E-state index in [4.69, 9.17) is 10.7 Å². The summed E-state index contributed by atoms with van der Waals surface area (Å²) in [5.74, 6) is 0. The van der Waals surface area contributed by atoms with Crippen molar-refractivity contribution in [2.75, 3.05) is 5.73 Å². The van der Waals surface area contributed by atoms with Crippen molar-refractivity contribution in [1.82, 2.24) is 9.97 Å². The van der Waals surface area contributed by atoms with Crippen molar-refractivity contribution in [2.24, 2.45) is 0 Å². The van der Waals surface area contributed by atoms with Crippen LogP contribution in [-0.4, -0.2) is 9.97 Å². The van der Waals surface area contributed by atoms with Crippen molar-refractivity contribution >= 4 is 17.0 Å². The number of thiazole rings is 1. The van der Waals surface area contributed by atoms with Crippen LogP contribution in [0.25, 0.3) is 21.8 Å². The zero-order chi connectivity index (χ0) is 14.1. The summed E-state index contributed by atoms with van der Waals surface area (Å²) < 4.78 is 0. The van der Waals surface area contributed by atoms with E-state index < -0.39 is 0 Å². The molecule has 1 aromatic carbocycles. The molecule has 3 rings (SSSR count). The molecule has 3 nitrogen and oxygen atoms in total. The number of para-hydroxylation sites is 1. The van der Waals surface area contributed by atoms with E-state index in [1.807, 2.05) is 43.5 Å². The van der Waals surface area contributed by atoms with Gasteiger partial charge in [0.15, 0.2) is 0 Å². The molecular weight excluding hydrogens is 266 g/mol. The van der Waals surface area contributed by atoms with Crippen molar-refractivity contribution < 1.29 is 0 Å². The molecule has 0 amide bonds. The van der Waals surface area contributed by atoms with E-state index >= 15 is 0 Å². The highest BCUT2D eigenvalue weighted by Crippen LogP contribution is 2.31. The van der Waals surface area contributed by atoms with E-state index in [2.05, 4.69) is 17.1 Å². The van der Waals surface area contributed by atoms with E-state index in [1.54, 1.807) is 11.3 Å². The smallest absolute Gasteiger partial charge is 0.124 e. The standard InChI is InChI=1S/C16H15N3S/c1-10-7-12(8-11(2)18-10)16-19-15(9-20-16)13-5-3-4-6-14(13)17/h3-9H,17H2,1-2H3. The fraction of sp³-hybridized carbons (Fsp3) is 0.125. The van der Waals surface area contributed by atoms with Gasteiger partial charge >= 0.3 is 0 Å². The van der Waals surface area contributed by atoms with Gasteiger partial charge in [-0.25, -0.2) is 4.98 Å². The van der Waals surface area contributed by atoms with Crippen LogP contribution in [0.4, 0.5) is 5.69 Å². The molecule has 0 unspecified atom stereocenters. The number of nitrogens with two attached hydrogens (primary N) is 1. The average Bonchev–Trinajstić information content (AvgIpc) is 2.87. The second-order valence-electron chi connectivity index (χ2n) is 4.76. The molecule has 3 aromatic rings. The molecule has 2 heterocycles. The Labute approximate surface area is 122 Å². The first-order valence-electron chi connectivity index (χ1n) is 6.39. The molecule has 0 fully saturated rings. The van der Waals surface area contributed by atoms with Crippen LogP contribution in [0.2, 0.25) is 0 Å². The third-order valence-corrected chi connectivity index (χ3v) is 3.96. The average molecular weight is 281 g/mol. The lowest BCUT2D eigenvalue weighted by Crippen LogP contribution is -1.90. The molecule has 2 aromatic heterocycles. The highest BCUT2D eigenvalue weighted by Gasteiger charge is 2.09. The van der Waals surface area contributed by atoms with E-state index in [0.29, 0.717) is 0 Å². The molecule has 0 saturated carbocycles. The van der Waals surface area contributed by atoms with E-state index in [0.717, 1.165) is 38.9 Å². The zero-order valence-electron chi connectivity index (χ0n) is 11.4. The van der Waals surface area contributed by atoms with Gasteiger partial charge in [-0.1, -0.05) is 18.2 Å². The lowest BCUT2D eigenvalue weighted by molar-refractivity contribution is 1.12. The normalized spacial score (nSPS) is 10.7. The minimum Gasteiger partial charge on any atom is -0.398 e. The molecule has 0 radical (unpaired) electrons. The SMILES string of the molecule is Cc1cc(-c2nc(-c3ccccc3N)cs2)cc(C)n1. The largest absolute Gasteiger partial charge is 0.398 e. The monoisotopic (exact) mass is 281 g/mol. The first kappa shape index (κ1) is 12.8. The first-order chi connectivity index (χ1) is 9.63. The number of pyridine rings is 1. The van der Waals surface area contributed by atoms with Gasteiger partial charge in [0, 0.05) is 33.6 Å². The molecule has 0 bridgehead atoms. The highest BCUT2D eigenvalue weighted by molar-refractivity contribution is 7.13. The van der Waals surface area contributed by atoms with Crippen molar-refractivity contribution in [3.8, 4) is 21.8 Å². The van der Waals surface area contributed by atoms with Gasteiger partial charge < -0.3 is 5.73 Å². The number of nitrogen functional groups attached to an aromatic ring is 1. The summed E-state index contributed by atoms with van der Waals surface area (Å²) in [7, 11) is 0. The van der Waals surface area contributed by atoms with Crippen LogP contribution in [0, 0.1) is 13.8 Å². The molecule has 0 saturated heterocycles. The van der Waals surface area contributed by atoms with Gasteiger partial charge in [0.1, 0.15) is 5.01 Å². The Hall–Kier alpha value is -2.20. The number of rotatable bonds is 2. The number of nitrogens with zero attached hydrogens (tertiary/aromatic N) is 2. The number of benzene rings is 1. The van der Waals surface area contributed by atoms with Gasteiger partial charge in [-0.3, -0.25) is 4.98 Å². The van der Waals surface area contributed by atoms with Crippen molar-refractivity contribution in [1.29, 1.82) is 0 Å². The van der Waals surface area contributed by atoms with Crippen LogP contribution in [0.1, 0.15) is 11.4 Å². The number of aromatic nitrogens is 2. The lowest BCUT2D eigenvalue weighted by atomic mass is 10.1. The van der Waals surface area contributed by atoms with Crippen LogP contribution in [0.15, 0.2) is 41.8 Å². The van der Waals surface area contributed by atoms with Gasteiger partial charge in [0.05, 0.1) is 5.69 Å². The Morgan fingerprint density at radius 2 is 1.70 bits per heavy atom. The van der Waals surface area contributed by atoms with Crippen molar-refractivity contribution in [3.63, 3.8) is 0 Å². The molecule has 2 N–H and O–H groups in total. The minimum atomic E-state index is 0.756. The Bertz CT molecular complexity index is 742. The van der Waals surface area contributed by atoms with E-state index in [1.165, 1.54) is 0 Å². The summed E-state index contributed by atoms with van der Waals surface area (Å²) in [5, 5.41) is 3.04. The van der Waals surface area contributed by atoms with Gasteiger partial charge in [-0.15, -0.1) is 11.3 Å². The van der Waals surface area contributed by atoms with Crippen LogP contribution in [0.5, 0.6) is 0 Å². The Morgan fingerprint density at radius 3 is 2.40 bits per heavy atom. The van der Waals surface area contributed by atoms with Gasteiger partial charge in [-0.05, 0) is 32.0 Å². The van der Waals surface area contributed by atoms with Crippen LogP contribution in [0.3, 0.4) is 0 Å². The number of hydrogen-bond acceptors (Lipinski definition) is 4. The number of hydrogen-bond donors (Lipinski definition) is 1. The third-order valence-electron chi connectivity index (χ3n) is 3.07. The van der Waals surface area contributed by atoms with Gasteiger partial charge in [0.25, 0.3) is 0 Å². The minimum absolute atomic E-state index is 0.756. The molecule has 4 heteroatoms. The number of aryl methyl sites for hydroxylation is 2. The fourth-order valence-electron chi connectivity index (χ4n) is 2.22. The van der Waals surface area contributed by atoms with Gasteiger partial charge in [-0.2, -0.15) is 0 Å². The molecule has 0 spiro atoms. The predicted octanol–water partition coefficient (Wildman–Crippen LogP) is 4.07. The second kappa shape index (κ2) is 5.06. The maximum absolute atomic E-state index is 6.00. The molecular formula is C16H15N3S. The molecule has 0 aliphatic carbocycles. The summed E-state index contributed by atoms with van der Waals surface area (Å²) in [6.45, 7) is 4.00. The summed E-state index contributed by atoms with van der Waals surface area (Å²) >= 11 is 1.63. The quantitative estimate of drug-likeness (QED) is 0.720. The Balaban J connectivity index is 2.04. The topological polar surface area (TPSA) is 51.8 Å². The molecule has 20 heavy (non-hydrogen) atoms. The van der Waals surface area contributed by atoms with E-state index in [-0.39, 0.29) is 0 Å². The van der Waals surface area contributed by atoms with Crippen LogP contribution in [-0.2, 0) is 0 Å². The predicted molar refractivity (Wildman–Crippen MR) is 84.7 cm³/mol. The molecule has 0 aliphatic rings. The first-order valence-corrected chi connectivity index (χ1v) is 7.27. The van der Waals surface area contributed by atoms with Gasteiger partial charge in [0.2, 0.25) is 0 Å². The Kier molecular flexibility index (Phi) is 3.24. The maximum atomic E-state index is 6.00. The fourth-order valence-corrected chi connectivity index (χ4v) is 3.03. The summed E-state index contributed by atoms with van der Waals surface area (Å²) in [6.07, 6.45) is 0. The molecule has 100 valence electrons. The Morgan fingerprint density at radius 1 is 1.00 bits per heavy atom. The van der Waals surface area contributed by atoms with Crippen LogP contribution >= 0.6 is 11.3 Å². The second-order valence-corrected chi connectivity index (χ2v) is 5.62. The van der Waals surface area contributed by atoms with Crippen molar-refractivity contribution in [2.45, 2.75) is 13.8 Å². The van der Waals surface area contributed by atoms with Crippen LogP contribution < -0.4 is 5.73 Å². The molecule has 0 aliphatic heterocycles. The zero-order valence-corrected chi connectivity index (χ0v) is 12.2. The highest BCUT2D eigenvalue weighted by atomic mass is 32.1. The summed E-state index contributed by atoms with van der Waals surface area (Å²) in [6, 6.07) is 11.9. The number of anilines is 1. The maximum Gasteiger partial charge on any atom is 0.124 e.